The van der Waals surface area contributed by atoms with Crippen LogP contribution in [-0.2, 0) is 0 Å². The van der Waals surface area contributed by atoms with Crippen LogP contribution in [0.4, 0.5) is 0 Å². The van der Waals surface area contributed by atoms with E-state index in [-0.39, 0.29) is 0 Å². The van der Waals surface area contributed by atoms with Crippen LogP contribution in [-0.4, -0.2) is 0 Å². The second kappa shape index (κ2) is 7.21. The molecule has 0 spiro atoms. The summed E-state index contributed by atoms with van der Waals surface area (Å²) in [6.07, 6.45) is 9.18. The molecule has 0 atom stereocenters. The van der Waals surface area contributed by atoms with Crippen LogP contribution in [0.1, 0.15) is 12.8 Å². The zero-order valence-electron chi connectivity index (χ0n) is 14.3. The van der Waals surface area contributed by atoms with E-state index in [0.717, 1.165) is 12.8 Å². The summed E-state index contributed by atoms with van der Waals surface area (Å²) in [5.74, 6) is 0. The zero-order valence-corrected chi connectivity index (χ0v) is 15.3. The Bertz CT molecular complexity index is 780. The van der Waals surface area contributed by atoms with Crippen molar-refractivity contribution < 1.29 is 0 Å². The van der Waals surface area contributed by atoms with Gasteiger partial charge in [0.25, 0.3) is 0 Å². The third-order valence-electron chi connectivity index (χ3n) is 5.12. The van der Waals surface area contributed by atoms with Gasteiger partial charge in [-0.1, -0.05) is 0 Å². The van der Waals surface area contributed by atoms with E-state index in [0.29, 0.717) is 0 Å². The summed E-state index contributed by atoms with van der Waals surface area (Å²) in [6.45, 7) is 0. The van der Waals surface area contributed by atoms with Crippen LogP contribution >= 0.6 is 7.26 Å². The molecule has 124 valence electrons. The van der Waals surface area contributed by atoms with Crippen molar-refractivity contribution in [2.24, 2.45) is 0 Å². The van der Waals surface area contributed by atoms with Gasteiger partial charge in [-0.3, -0.25) is 0 Å². The van der Waals surface area contributed by atoms with Crippen LogP contribution in [0.25, 0.3) is 0 Å². The molecule has 4 rings (SSSR count). The first kappa shape index (κ1) is 16.1. The van der Waals surface area contributed by atoms with Gasteiger partial charge in [0.1, 0.15) is 0 Å². The molecule has 0 aliphatic heterocycles. The molecule has 1 heteroatoms. The number of rotatable bonds is 4. The SMILES string of the molecule is C1=CCCC([PH](c2ccccc2)(c2ccccc2)c2ccccc2)=C1. The number of benzene rings is 3. The van der Waals surface area contributed by atoms with E-state index in [9.17, 15) is 0 Å². The van der Waals surface area contributed by atoms with E-state index < -0.39 is 7.26 Å². The summed E-state index contributed by atoms with van der Waals surface area (Å²) in [4.78, 5) is 0. The van der Waals surface area contributed by atoms with Gasteiger partial charge >= 0.3 is 151 Å². The van der Waals surface area contributed by atoms with E-state index in [2.05, 4.69) is 109 Å². The second-order valence-corrected chi connectivity index (χ2v) is 10.4. The molecule has 0 N–H and O–H groups in total. The molecule has 0 heterocycles. The molecule has 0 aromatic heterocycles. The normalized spacial score (nSPS) is 14.8. The minimum absolute atomic E-state index is 1.13. The fourth-order valence-corrected chi connectivity index (χ4v) is 9.09. The first-order chi connectivity index (χ1) is 12.4. The molecule has 0 radical (unpaired) electrons. The first-order valence-corrected chi connectivity index (χ1v) is 10.9. The molecule has 0 saturated carbocycles. The van der Waals surface area contributed by atoms with Crippen molar-refractivity contribution in [2.75, 3.05) is 0 Å². The first-order valence-electron chi connectivity index (χ1n) is 8.95. The predicted molar refractivity (Wildman–Crippen MR) is 113 cm³/mol. The molecular weight excluding hydrogens is 319 g/mol. The van der Waals surface area contributed by atoms with Gasteiger partial charge in [-0.05, 0) is 0 Å². The third kappa shape index (κ3) is 2.88. The van der Waals surface area contributed by atoms with Gasteiger partial charge < -0.3 is 0 Å². The Morgan fingerprint density at radius 1 is 0.560 bits per heavy atom. The minimum atomic E-state index is -2.21. The Kier molecular flexibility index (Phi) is 4.63. The zero-order chi connectivity index (χ0) is 17.0. The molecule has 0 saturated heterocycles. The molecule has 3 aromatic rings. The topological polar surface area (TPSA) is 0 Å². The molecule has 0 amide bonds. The molecule has 3 aromatic carbocycles. The molecule has 0 nitrogen and oxygen atoms in total. The fraction of sp³-hybridized carbons (Fsp3) is 0.0833. The Morgan fingerprint density at radius 2 is 1.00 bits per heavy atom. The van der Waals surface area contributed by atoms with Crippen LogP contribution in [0.5, 0.6) is 0 Å². The quantitative estimate of drug-likeness (QED) is 0.589. The van der Waals surface area contributed by atoms with E-state index in [4.69, 9.17) is 0 Å². The summed E-state index contributed by atoms with van der Waals surface area (Å²) in [5, 5.41) is 6.00. The summed E-state index contributed by atoms with van der Waals surface area (Å²) in [7, 11) is -2.21. The summed E-state index contributed by atoms with van der Waals surface area (Å²) in [5.41, 5.74) is 0. The number of hydrogen-bond acceptors (Lipinski definition) is 0. The van der Waals surface area contributed by atoms with E-state index in [1.807, 2.05) is 0 Å². The third-order valence-corrected chi connectivity index (χ3v) is 10.1. The average molecular weight is 342 g/mol. The van der Waals surface area contributed by atoms with Gasteiger partial charge in [-0.2, -0.15) is 0 Å². The molecule has 0 fully saturated rings. The molecule has 1 aliphatic rings. The van der Waals surface area contributed by atoms with Crippen LogP contribution < -0.4 is 15.9 Å². The van der Waals surface area contributed by atoms with Crippen molar-refractivity contribution in [3.63, 3.8) is 0 Å². The standard InChI is InChI=1S/C24H23P/c1-5-13-21(14-6-1)25(22-15-7-2-8-16-22,23-17-9-3-10-18-23)24-19-11-4-12-20-24/h1-11,13-19,25H,12,20H2. The monoisotopic (exact) mass is 342 g/mol. The maximum absolute atomic E-state index is 2.38. The van der Waals surface area contributed by atoms with Crippen molar-refractivity contribution in [3.05, 3.63) is 115 Å². The Morgan fingerprint density at radius 3 is 1.36 bits per heavy atom. The molecule has 25 heavy (non-hydrogen) atoms. The van der Waals surface area contributed by atoms with Gasteiger partial charge in [0, 0.05) is 0 Å². The number of allylic oxidation sites excluding steroid dienone is 4. The Hall–Kier alpha value is -2.43. The molecule has 1 aliphatic carbocycles. The summed E-state index contributed by atoms with van der Waals surface area (Å²) >= 11 is 0. The average Bonchev–Trinajstić information content (AvgIpc) is 2.72. The van der Waals surface area contributed by atoms with Crippen LogP contribution in [0.2, 0.25) is 0 Å². The maximum atomic E-state index is 2.38. The van der Waals surface area contributed by atoms with Gasteiger partial charge in [-0.25, -0.2) is 0 Å². The molecule has 0 unspecified atom stereocenters. The Labute approximate surface area is 150 Å². The summed E-state index contributed by atoms with van der Waals surface area (Å²) < 4.78 is 0. The van der Waals surface area contributed by atoms with E-state index in [1.54, 1.807) is 5.31 Å². The van der Waals surface area contributed by atoms with Crippen molar-refractivity contribution in [1.29, 1.82) is 0 Å². The van der Waals surface area contributed by atoms with Gasteiger partial charge in [0.15, 0.2) is 0 Å². The second-order valence-electron chi connectivity index (χ2n) is 6.51. The molecule has 0 bridgehead atoms. The van der Waals surface area contributed by atoms with Crippen molar-refractivity contribution in [2.45, 2.75) is 12.8 Å². The van der Waals surface area contributed by atoms with Crippen LogP contribution in [0.3, 0.4) is 0 Å². The van der Waals surface area contributed by atoms with Gasteiger partial charge in [0.2, 0.25) is 0 Å². The Balaban J connectivity index is 2.08. The van der Waals surface area contributed by atoms with Crippen LogP contribution in [0.15, 0.2) is 115 Å². The van der Waals surface area contributed by atoms with Crippen molar-refractivity contribution in [1.82, 2.24) is 0 Å². The van der Waals surface area contributed by atoms with Crippen molar-refractivity contribution >= 4 is 23.2 Å². The van der Waals surface area contributed by atoms with Gasteiger partial charge in [0.05, 0.1) is 0 Å². The van der Waals surface area contributed by atoms with Crippen LogP contribution in [0, 0.1) is 0 Å². The predicted octanol–water partition coefficient (Wildman–Crippen LogP) is 4.95. The summed E-state index contributed by atoms with van der Waals surface area (Å²) in [6, 6.07) is 33.4. The van der Waals surface area contributed by atoms with Gasteiger partial charge in [-0.15, -0.1) is 0 Å². The fourth-order valence-electron chi connectivity index (χ4n) is 4.04. The molecular formula is C24H23P. The van der Waals surface area contributed by atoms with Crippen molar-refractivity contribution in [3.8, 4) is 0 Å². The van der Waals surface area contributed by atoms with E-state index in [1.165, 1.54) is 15.9 Å². The van der Waals surface area contributed by atoms with E-state index >= 15 is 0 Å². The number of hydrogen-bond donors (Lipinski definition) is 0.